The molecule has 0 aromatic carbocycles. The highest BCUT2D eigenvalue weighted by molar-refractivity contribution is 5.95. The Labute approximate surface area is 191 Å². The quantitative estimate of drug-likeness (QED) is 0.407. The van der Waals surface area contributed by atoms with Crippen molar-refractivity contribution in [1.29, 1.82) is 0 Å². The molecule has 4 aliphatic rings. The van der Waals surface area contributed by atoms with Crippen LogP contribution in [0.15, 0.2) is 46.8 Å². The minimum atomic E-state index is -0.465. The Balaban J connectivity index is 1.64. The van der Waals surface area contributed by atoms with Crippen molar-refractivity contribution < 1.29 is 18.7 Å². The lowest BCUT2D eigenvalue weighted by Gasteiger charge is -2.66. The highest BCUT2D eigenvalue weighted by Crippen LogP contribution is 2.72. The van der Waals surface area contributed by atoms with E-state index >= 15 is 0 Å². The molecule has 1 aromatic heterocycles. The molecule has 0 aliphatic heterocycles. The summed E-state index contributed by atoms with van der Waals surface area (Å²) in [7, 11) is 0. The molecule has 172 valence electrons. The number of carbonyl (C=O) groups excluding carboxylic acids is 2. The van der Waals surface area contributed by atoms with Crippen molar-refractivity contribution in [2.75, 3.05) is 0 Å². The van der Waals surface area contributed by atoms with E-state index in [2.05, 4.69) is 52.8 Å². The Morgan fingerprint density at radius 1 is 1.16 bits per heavy atom. The number of rotatable bonds is 2. The first-order valence-electron chi connectivity index (χ1n) is 12.1. The second-order valence-electron chi connectivity index (χ2n) is 11.9. The molecule has 7 atom stereocenters. The topological polar surface area (TPSA) is 56.5 Å². The standard InChI is InChI=1S/C28H36O4/c1-17(29)32-24-15-22-25(2,3)23(30)10-13-27(22,5)21-9-12-26(4)19(18-11-14-31-16-18)7-8-20(26)28(21,24)6/h8,10-11,13-14,16,19,21-22,24H,7,9,12,15H2,1-6H3/t19-,21-,22-,24+,26-,27-,28+/m0/s1. The molecule has 0 bridgehead atoms. The zero-order valence-corrected chi connectivity index (χ0v) is 20.2. The fraction of sp³-hybridized carbons (Fsp3) is 0.643. The lowest BCUT2D eigenvalue weighted by Crippen LogP contribution is -2.64. The normalized spacial score (nSPS) is 44.3. The summed E-state index contributed by atoms with van der Waals surface area (Å²) in [6.45, 7) is 12.8. The first-order chi connectivity index (χ1) is 15.0. The van der Waals surface area contributed by atoms with E-state index in [0.717, 1.165) is 25.7 Å². The Kier molecular flexibility index (Phi) is 4.56. The van der Waals surface area contributed by atoms with E-state index in [-0.39, 0.29) is 40.0 Å². The van der Waals surface area contributed by atoms with Gasteiger partial charge in [-0.3, -0.25) is 9.59 Å². The number of ether oxygens (including phenoxy) is 1. The van der Waals surface area contributed by atoms with Crippen molar-refractivity contribution in [1.82, 2.24) is 0 Å². The van der Waals surface area contributed by atoms with Crippen LogP contribution in [0.2, 0.25) is 0 Å². The van der Waals surface area contributed by atoms with Gasteiger partial charge >= 0.3 is 5.97 Å². The molecular weight excluding hydrogens is 400 g/mol. The predicted molar refractivity (Wildman–Crippen MR) is 123 cm³/mol. The largest absolute Gasteiger partial charge is 0.472 e. The second kappa shape index (κ2) is 6.71. The number of hydrogen-bond acceptors (Lipinski definition) is 4. The van der Waals surface area contributed by atoms with E-state index in [1.807, 2.05) is 12.3 Å². The first kappa shape index (κ1) is 21.7. The molecule has 4 aliphatic carbocycles. The van der Waals surface area contributed by atoms with Gasteiger partial charge in [0.15, 0.2) is 5.78 Å². The van der Waals surface area contributed by atoms with E-state index in [4.69, 9.17) is 9.15 Å². The van der Waals surface area contributed by atoms with Crippen LogP contribution in [0.3, 0.4) is 0 Å². The van der Waals surface area contributed by atoms with Crippen LogP contribution in [-0.2, 0) is 14.3 Å². The molecule has 1 heterocycles. The van der Waals surface area contributed by atoms with Gasteiger partial charge < -0.3 is 9.15 Å². The van der Waals surface area contributed by atoms with Crippen LogP contribution in [0.4, 0.5) is 0 Å². The third-order valence-electron chi connectivity index (χ3n) is 10.2. The van der Waals surface area contributed by atoms with Gasteiger partial charge in [0.05, 0.1) is 12.5 Å². The summed E-state index contributed by atoms with van der Waals surface area (Å²) in [6, 6.07) is 2.10. The number of esters is 1. The van der Waals surface area contributed by atoms with Gasteiger partial charge in [0, 0.05) is 17.8 Å². The summed E-state index contributed by atoms with van der Waals surface area (Å²) >= 11 is 0. The van der Waals surface area contributed by atoms with Crippen molar-refractivity contribution in [3.63, 3.8) is 0 Å². The van der Waals surface area contributed by atoms with Crippen LogP contribution >= 0.6 is 0 Å². The molecule has 0 amide bonds. The molecule has 0 unspecified atom stereocenters. The summed E-state index contributed by atoms with van der Waals surface area (Å²) in [5.74, 6) is 0.796. The Hall–Kier alpha value is -2.10. The van der Waals surface area contributed by atoms with Gasteiger partial charge in [-0.15, -0.1) is 0 Å². The molecule has 5 rings (SSSR count). The molecule has 0 spiro atoms. The zero-order valence-electron chi connectivity index (χ0n) is 20.2. The summed E-state index contributed by atoms with van der Waals surface area (Å²) in [5, 5.41) is 0. The summed E-state index contributed by atoms with van der Waals surface area (Å²) in [5.41, 5.74) is 1.88. The predicted octanol–water partition coefficient (Wildman–Crippen LogP) is 6.24. The third kappa shape index (κ3) is 2.61. The van der Waals surface area contributed by atoms with Gasteiger partial charge in [-0.05, 0) is 72.0 Å². The van der Waals surface area contributed by atoms with E-state index in [1.54, 1.807) is 6.26 Å². The highest BCUT2D eigenvalue weighted by Gasteiger charge is 2.68. The average Bonchev–Trinajstić information content (AvgIpc) is 3.34. The van der Waals surface area contributed by atoms with Gasteiger partial charge in [-0.2, -0.15) is 0 Å². The lowest BCUT2D eigenvalue weighted by atomic mass is 9.38. The minimum absolute atomic E-state index is 0.0143. The van der Waals surface area contributed by atoms with Crippen LogP contribution in [0.1, 0.15) is 78.7 Å². The van der Waals surface area contributed by atoms with Gasteiger partial charge in [0.2, 0.25) is 0 Å². The van der Waals surface area contributed by atoms with Crippen LogP contribution in [0.25, 0.3) is 0 Å². The molecule has 0 N–H and O–H groups in total. The number of carbonyl (C=O) groups is 2. The van der Waals surface area contributed by atoms with Crippen molar-refractivity contribution in [3.8, 4) is 0 Å². The van der Waals surface area contributed by atoms with Gasteiger partial charge in [-0.25, -0.2) is 0 Å². The fourth-order valence-corrected chi connectivity index (χ4v) is 8.60. The smallest absolute Gasteiger partial charge is 0.302 e. The number of hydrogen-bond donors (Lipinski definition) is 0. The molecule has 4 heteroatoms. The number of allylic oxidation sites excluding steroid dienone is 3. The van der Waals surface area contributed by atoms with Crippen LogP contribution in [-0.4, -0.2) is 17.9 Å². The molecule has 0 radical (unpaired) electrons. The van der Waals surface area contributed by atoms with E-state index in [1.165, 1.54) is 18.1 Å². The molecular formula is C28H36O4. The Bertz CT molecular complexity index is 1010. The maximum atomic E-state index is 12.9. The number of fused-ring (bicyclic) bond motifs is 5. The molecule has 32 heavy (non-hydrogen) atoms. The van der Waals surface area contributed by atoms with E-state index in [0.29, 0.717) is 11.8 Å². The van der Waals surface area contributed by atoms with Gasteiger partial charge in [0.1, 0.15) is 6.10 Å². The maximum Gasteiger partial charge on any atom is 0.302 e. The van der Waals surface area contributed by atoms with E-state index < -0.39 is 5.41 Å². The molecule has 4 nitrogen and oxygen atoms in total. The molecule has 2 saturated carbocycles. The van der Waals surface area contributed by atoms with Crippen molar-refractivity contribution in [2.45, 2.75) is 79.2 Å². The fourth-order valence-electron chi connectivity index (χ4n) is 8.60. The molecule has 0 saturated heterocycles. The van der Waals surface area contributed by atoms with Crippen molar-refractivity contribution in [3.05, 3.63) is 48.0 Å². The monoisotopic (exact) mass is 436 g/mol. The molecule has 1 aromatic rings. The SMILES string of the molecule is CC(=O)O[C@@H]1C[C@H]2C(C)(C)C(=O)C=C[C@@]2(C)[C@@H]2CC[C@]3(C)C(=CC[C@H]3c3ccoc3)[C@@]12C. The second-order valence-corrected chi connectivity index (χ2v) is 11.9. The first-order valence-corrected chi connectivity index (χ1v) is 12.1. The average molecular weight is 437 g/mol. The molecule has 2 fully saturated rings. The van der Waals surface area contributed by atoms with E-state index in [9.17, 15) is 9.59 Å². The Morgan fingerprint density at radius 2 is 1.91 bits per heavy atom. The van der Waals surface area contributed by atoms with Crippen molar-refractivity contribution >= 4 is 11.8 Å². The number of furan rings is 1. The van der Waals surface area contributed by atoms with Crippen molar-refractivity contribution in [2.24, 2.45) is 33.5 Å². The summed E-state index contributed by atoms with van der Waals surface area (Å²) < 4.78 is 11.6. The number of ketones is 1. The third-order valence-corrected chi connectivity index (χ3v) is 10.2. The highest BCUT2D eigenvalue weighted by atomic mass is 16.5. The van der Waals surface area contributed by atoms with Crippen LogP contribution in [0.5, 0.6) is 0 Å². The zero-order chi connectivity index (χ0) is 23.1. The van der Waals surface area contributed by atoms with Gasteiger partial charge in [-0.1, -0.05) is 52.3 Å². The lowest BCUT2D eigenvalue weighted by molar-refractivity contribution is -0.187. The minimum Gasteiger partial charge on any atom is -0.472 e. The van der Waals surface area contributed by atoms with Gasteiger partial charge in [0.25, 0.3) is 0 Å². The van der Waals surface area contributed by atoms with Crippen LogP contribution < -0.4 is 0 Å². The summed E-state index contributed by atoms with van der Waals surface area (Å²) in [6.07, 6.45) is 13.7. The summed E-state index contributed by atoms with van der Waals surface area (Å²) in [4.78, 5) is 25.2. The maximum absolute atomic E-state index is 12.9. The van der Waals surface area contributed by atoms with Crippen LogP contribution in [0, 0.1) is 33.5 Å². The Morgan fingerprint density at radius 3 is 2.56 bits per heavy atom.